The van der Waals surface area contributed by atoms with Gasteiger partial charge in [0.05, 0.1) is 0 Å². The van der Waals surface area contributed by atoms with E-state index in [1.807, 2.05) is 0 Å². The Hall–Kier alpha value is -0.0400. The molecule has 0 amide bonds. The Morgan fingerprint density at radius 2 is 1.23 bits per heavy atom. The van der Waals surface area contributed by atoms with Gasteiger partial charge in [0.15, 0.2) is 0 Å². The zero-order chi connectivity index (χ0) is 33.6. The molecule has 80 valence electrons. The van der Waals surface area contributed by atoms with E-state index < -0.39 is 83.2 Å². The normalized spacial score (nSPS) is 54.7. The highest BCUT2D eigenvalue weighted by atomic mass is 15.1. The predicted octanol–water partition coefficient (Wildman–Crippen LogP) is 3.69. The first kappa shape index (κ1) is 1.22. The second-order valence-corrected chi connectivity index (χ2v) is 1.42. The first-order valence-electron chi connectivity index (χ1n) is 16.4. The summed E-state index contributed by atoms with van der Waals surface area (Å²) in [6.07, 6.45) is -27.6. The fourth-order valence-electron chi connectivity index (χ4n) is 0.335. The molecular formula is C12H27N. The van der Waals surface area contributed by atoms with Gasteiger partial charge in [-0.05, 0) is 38.6 Å². The van der Waals surface area contributed by atoms with Crippen molar-refractivity contribution in [1.29, 1.82) is 0 Å². The van der Waals surface area contributed by atoms with Crippen LogP contribution in [0.5, 0.6) is 0 Å². The molecule has 0 aromatic rings. The molecule has 0 rings (SSSR count). The molecule has 1 nitrogen and oxygen atoms in total. The van der Waals surface area contributed by atoms with E-state index in [-0.39, 0.29) is 0 Å². The van der Waals surface area contributed by atoms with Gasteiger partial charge < -0.3 is 4.90 Å². The van der Waals surface area contributed by atoms with Crippen LogP contribution in [-0.2, 0) is 0 Å². The van der Waals surface area contributed by atoms with Crippen LogP contribution in [0, 0.1) is 0 Å². The smallest absolute Gasteiger partial charge is 0.0431 e. The van der Waals surface area contributed by atoms with Crippen LogP contribution in [0.4, 0.5) is 0 Å². The first-order chi connectivity index (χ1) is 16.6. The second-order valence-electron chi connectivity index (χ2n) is 1.42. The lowest BCUT2D eigenvalue weighted by molar-refractivity contribution is 0.261. The minimum Gasteiger partial charge on any atom is -0.303 e. The zero-order valence-corrected chi connectivity index (χ0v) is 6.45. The van der Waals surface area contributed by atoms with E-state index in [9.17, 15) is 0 Å². The SMILES string of the molecule is [2H]C([2H])([2H])C([2H])([2H])C([2H])([2H])C([2H])([2H])N(C([2H])([2H])C([2H])([2H])C([2H])([2H])C([2H])([2H])[2H])C([2H])([2H])C([2H])([2H])C([2H])([2H])C([2H])([2H])[2H]. The van der Waals surface area contributed by atoms with Gasteiger partial charge in [-0.3, -0.25) is 0 Å². The summed E-state index contributed by atoms with van der Waals surface area (Å²) in [4.78, 5) is -1.55. The van der Waals surface area contributed by atoms with Crippen LogP contribution in [0.3, 0.4) is 0 Å². The van der Waals surface area contributed by atoms with Crippen LogP contribution in [0.1, 0.15) is 95.8 Å². The highest BCUT2D eigenvalue weighted by Crippen LogP contribution is 2.01. The van der Waals surface area contributed by atoms with E-state index in [4.69, 9.17) is 37.0 Å². The van der Waals surface area contributed by atoms with Crippen LogP contribution in [-0.4, -0.2) is 24.4 Å². The van der Waals surface area contributed by atoms with Gasteiger partial charge >= 0.3 is 0 Å². The summed E-state index contributed by atoms with van der Waals surface area (Å²) in [5.41, 5.74) is 0. The largest absolute Gasteiger partial charge is 0.303 e. The zero-order valence-electron chi connectivity index (χ0n) is 33.4. The van der Waals surface area contributed by atoms with Crippen molar-refractivity contribution in [2.45, 2.75) is 58.8 Å². The van der Waals surface area contributed by atoms with Gasteiger partial charge in [0.1, 0.15) is 0 Å². The standard InChI is InChI=1S/C12H27N/c1-4-7-10-13(11-8-5-2)12-9-6-3/h4-12H2,1-3H3/i1D3,2D3,3D3,4D2,5D2,6D2,7D2,8D2,9D2,10D2,11D2,12D2. The third kappa shape index (κ3) is 8.29. The summed E-state index contributed by atoms with van der Waals surface area (Å²) >= 11 is 0. The maximum atomic E-state index is 8.20. The molecule has 13 heavy (non-hydrogen) atoms. The third-order valence-electron chi connectivity index (χ3n) is 0.691. The van der Waals surface area contributed by atoms with Crippen molar-refractivity contribution in [3.05, 3.63) is 0 Å². The molecule has 0 bridgehead atoms. The summed E-state index contributed by atoms with van der Waals surface area (Å²) in [7, 11) is 0. The van der Waals surface area contributed by atoms with Crippen molar-refractivity contribution in [3.8, 4) is 0 Å². The first-order valence-corrected chi connectivity index (χ1v) is 2.92. The highest BCUT2D eigenvalue weighted by Gasteiger charge is 2.01. The van der Waals surface area contributed by atoms with Gasteiger partial charge in [-0.25, -0.2) is 0 Å². The fraction of sp³-hybridized carbons (Fsp3) is 1.00. The summed E-state index contributed by atoms with van der Waals surface area (Å²) in [5.74, 6) is 0. The van der Waals surface area contributed by atoms with Gasteiger partial charge in [0.25, 0.3) is 0 Å². The monoisotopic (exact) mass is 212 g/mol. The van der Waals surface area contributed by atoms with E-state index in [0.717, 1.165) is 0 Å². The molecule has 0 unspecified atom stereocenters. The van der Waals surface area contributed by atoms with Crippen LogP contribution in [0.15, 0.2) is 0 Å². The van der Waals surface area contributed by atoms with E-state index in [2.05, 4.69) is 0 Å². The summed E-state index contributed by atoms with van der Waals surface area (Å²) in [6, 6.07) is 0. The second kappa shape index (κ2) is 10.0. The van der Waals surface area contributed by atoms with E-state index >= 15 is 0 Å². The Morgan fingerprint density at radius 3 is 1.54 bits per heavy atom. The molecule has 1 heteroatoms. The predicted molar refractivity (Wildman–Crippen MR) is 61.2 cm³/mol. The van der Waals surface area contributed by atoms with E-state index in [1.54, 1.807) is 0 Å². The maximum absolute atomic E-state index is 8.20. The summed E-state index contributed by atoms with van der Waals surface area (Å²) in [5, 5.41) is 0. The molecule has 0 aromatic heterocycles. The van der Waals surface area contributed by atoms with Gasteiger partial charge in [-0.15, -0.1) is 0 Å². The Morgan fingerprint density at radius 1 is 0.846 bits per heavy atom. The van der Waals surface area contributed by atoms with Crippen molar-refractivity contribution in [2.75, 3.05) is 19.5 Å². The minimum atomic E-state index is -4.98. The van der Waals surface area contributed by atoms with Crippen molar-refractivity contribution in [1.82, 2.24) is 4.90 Å². The number of rotatable bonds is 9. The molecule has 0 saturated carbocycles. The molecular weight excluding hydrogens is 158 g/mol. The number of nitrogens with zero attached hydrogens (tertiary/aromatic N) is 1. The average molecular weight is 213 g/mol. The van der Waals surface area contributed by atoms with Crippen molar-refractivity contribution < 1.29 is 37.0 Å². The lowest BCUT2D eigenvalue weighted by Crippen LogP contribution is -2.27. The molecule has 0 radical (unpaired) electrons. The van der Waals surface area contributed by atoms with E-state index in [1.165, 1.54) is 0 Å². The molecule has 0 aliphatic heterocycles. The molecule has 0 aromatic carbocycles. The fourth-order valence-corrected chi connectivity index (χ4v) is 0.335. The minimum absolute atomic E-state index is 1.55. The van der Waals surface area contributed by atoms with Gasteiger partial charge in [-0.1, -0.05) is 39.7 Å². The van der Waals surface area contributed by atoms with Crippen LogP contribution in [0.2, 0.25) is 0 Å². The lowest BCUT2D eigenvalue weighted by atomic mass is 10.2. The Kier molecular flexibility index (Phi) is 0.944. The maximum Gasteiger partial charge on any atom is 0.0431 e. The van der Waals surface area contributed by atoms with Crippen molar-refractivity contribution in [2.24, 2.45) is 0 Å². The van der Waals surface area contributed by atoms with Gasteiger partial charge in [0, 0.05) is 37.0 Å². The topological polar surface area (TPSA) is 3.24 Å². The van der Waals surface area contributed by atoms with Gasteiger partial charge in [-0.2, -0.15) is 0 Å². The van der Waals surface area contributed by atoms with Crippen LogP contribution >= 0.6 is 0 Å². The molecule has 0 fully saturated rings. The van der Waals surface area contributed by atoms with Crippen molar-refractivity contribution in [3.63, 3.8) is 0 Å². The Bertz CT molecular complexity index is 792. The van der Waals surface area contributed by atoms with Crippen LogP contribution < -0.4 is 0 Å². The third-order valence-corrected chi connectivity index (χ3v) is 0.691. The lowest BCUT2D eigenvalue weighted by Gasteiger charge is -2.21. The Balaban J connectivity index is 8.21. The number of hydrogen-bond acceptors (Lipinski definition) is 1. The molecule has 0 aliphatic rings. The average Bonchev–Trinajstić information content (AvgIpc) is 2.63. The summed E-state index contributed by atoms with van der Waals surface area (Å²) < 4.78 is 209. The number of hydrogen-bond donors (Lipinski definition) is 0. The highest BCUT2D eigenvalue weighted by molar-refractivity contribution is 4.57. The molecule has 0 aliphatic carbocycles. The summed E-state index contributed by atoms with van der Waals surface area (Å²) in [6.45, 7) is -27.4. The molecule has 0 spiro atoms. The molecule has 0 atom stereocenters. The molecule has 0 saturated heterocycles. The van der Waals surface area contributed by atoms with Crippen molar-refractivity contribution >= 4 is 0 Å². The molecule has 0 N–H and O–H groups in total. The Labute approximate surface area is 122 Å². The van der Waals surface area contributed by atoms with E-state index in [0.29, 0.717) is 0 Å². The van der Waals surface area contributed by atoms with Gasteiger partial charge in [0.2, 0.25) is 0 Å². The van der Waals surface area contributed by atoms with Crippen LogP contribution in [0.25, 0.3) is 0 Å². The quantitative estimate of drug-likeness (QED) is 0.563. The molecule has 0 heterocycles.